The van der Waals surface area contributed by atoms with Gasteiger partial charge < -0.3 is 9.30 Å². The Morgan fingerprint density at radius 3 is 2.35 bits per heavy atom. The van der Waals surface area contributed by atoms with E-state index < -0.39 is 17.7 Å². The Hall–Kier alpha value is -2.50. The van der Waals surface area contributed by atoms with Crippen LogP contribution in [-0.2, 0) is 22.3 Å². The molecule has 0 N–H and O–H groups in total. The Balaban J connectivity index is 1.85. The number of halogens is 4. The highest BCUT2D eigenvalue weighted by Crippen LogP contribution is 2.42. The van der Waals surface area contributed by atoms with Gasteiger partial charge >= 0.3 is 12.1 Å². The number of benzene rings is 2. The van der Waals surface area contributed by atoms with Crippen LogP contribution in [0, 0.1) is 8.08 Å². The zero-order chi connectivity index (χ0) is 24.5. The number of pyridine rings is 1. The fourth-order valence-corrected chi connectivity index (χ4v) is 5.42. The van der Waals surface area contributed by atoms with Crippen LogP contribution < -0.4 is 0 Å². The first-order valence-electron chi connectivity index (χ1n) is 9.99. The lowest BCUT2D eigenvalue weighted by molar-refractivity contribution is -0.141. The summed E-state index contributed by atoms with van der Waals surface area (Å²) in [7, 11) is 1.26. The summed E-state index contributed by atoms with van der Waals surface area (Å²) in [5, 5.41) is 1.39. The van der Waals surface area contributed by atoms with E-state index in [2.05, 4.69) is 28.7 Å². The molecule has 0 saturated carbocycles. The summed E-state index contributed by atoms with van der Waals surface area (Å²) >= 11 is 8.88. The van der Waals surface area contributed by atoms with Crippen molar-refractivity contribution in [1.29, 1.82) is 0 Å². The monoisotopic (exact) mass is 611 g/mol. The Labute approximate surface area is 217 Å². The van der Waals surface area contributed by atoms with Crippen LogP contribution in [0.5, 0.6) is 0 Å². The summed E-state index contributed by atoms with van der Waals surface area (Å²) in [5.41, 5.74) is 2.86. The lowest BCUT2D eigenvalue weighted by Gasteiger charge is -2.15. The number of alkyl halides is 3. The highest BCUT2D eigenvalue weighted by Gasteiger charge is 2.35. The van der Waals surface area contributed by atoms with Gasteiger partial charge in [-0.2, -0.15) is 13.2 Å². The smallest absolute Gasteiger partial charge is 0.417 e. The van der Waals surface area contributed by atoms with Gasteiger partial charge in [0, 0.05) is 32.0 Å². The van der Waals surface area contributed by atoms with Crippen LogP contribution in [0.1, 0.15) is 5.56 Å². The van der Waals surface area contributed by atoms with E-state index in [-0.39, 0.29) is 21.5 Å². The molecule has 0 aliphatic heterocycles. The standard InChI is InChI=1S/C25H17F3INO2S2/c1-32-22(31)14-30-12-19(16-7-5-15(6-8-16)17-3-2-4-18(29)11-17)23(33)20(13-30)24-21(9-10-34-24)25(26,27)28/h2-13H,14H2,1H3. The van der Waals surface area contributed by atoms with Crippen LogP contribution in [0.25, 0.3) is 32.7 Å². The largest absolute Gasteiger partial charge is 0.468 e. The lowest BCUT2D eigenvalue weighted by Crippen LogP contribution is -2.12. The summed E-state index contributed by atoms with van der Waals surface area (Å²) in [6.45, 7) is -0.153. The van der Waals surface area contributed by atoms with Gasteiger partial charge in [0.2, 0.25) is 0 Å². The molecule has 0 radical (unpaired) electrons. The summed E-state index contributed by atoms with van der Waals surface area (Å²) in [4.78, 5) is 11.9. The van der Waals surface area contributed by atoms with Crippen molar-refractivity contribution >= 4 is 52.1 Å². The molecule has 2 aromatic heterocycles. The van der Waals surface area contributed by atoms with E-state index in [1.54, 1.807) is 6.20 Å². The number of rotatable bonds is 5. The average Bonchev–Trinajstić information content (AvgIpc) is 3.31. The molecule has 0 spiro atoms. The van der Waals surface area contributed by atoms with E-state index >= 15 is 0 Å². The summed E-state index contributed by atoms with van der Waals surface area (Å²) < 4.78 is 48.5. The maximum absolute atomic E-state index is 13.6. The predicted molar refractivity (Wildman–Crippen MR) is 139 cm³/mol. The van der Waals surface area contributed by atoms with Gasteiger partial charge in [-0.05, 0) is 62.9 Å². The van der Waals surface area contributed by atoms with E-state index in [1.165, 1.54) is 23.3 Å². The first kappa shape index (κ1) is 24.6. The summed E-state index contributed by atoms with van der Waals surface area (Å²) in [6, 6.07) is 16.8. The van der Waals surface area contributed by atoms with Gasteiger partial charge in [-0.25, -0.2) is 0 Å². The molecule has 2 aromatic carbocycles. The first-order chi connectivity index (χ1) is 16.2. The summed E-state index contributed by atoms with van der Waals surface area (Å²) in [6.07, 6.45) is -1.37. The zero-order valence-corrected chi connectivity index (χ0v) is 21.5. The number of thiophene rings is 1. The average molecular weight is 611 g/mol. The normalized spacial score (nSPS) is 11.4. The highest BCUT2D eigenvalue weighted by molar-refractivity contribution is 14.1. The van der Waals surface area contributed by atoms with Gasteiger partial charge in [0.25, 0.3) is 0 Å². The van der Waals surface area contributed by atoms with Gasteiger partial charge in [0.15, 0.2) is 0 Å². The molecule has 0 aliphatic carbocycles. The van der Waals surface area contributed by atoms with Crippen LogP contribution >= 0.6 is 46.1 Å². The van der Waals surface area contributed by atoms with Crippen molar-refractivity contribution in [3.05, 3.63) is 86.0 Å². The molecule has 0 saturated heterocycles. The van der Waals surface area contributed by atoms with Gasteiger partial charge in [-0.1, -0.05) is 48.6 Å². The topological polar surface area (TPSA) is 31.2 Å². The third kappa shape index (κ3) is 5.26. The number of hydrogen-bond acceptors (Lipinski definition) is 4. The molecule has 174 valence electrons. The molecule has 9 heteroatoms. The SMILES string of the molecule is COC(=O)Cn1cc(-c2ccc(-c3cccc(I)c3)cc2)c(=S)c(-c2sccc2C(F)(F)F)c1. The van der Waals surface area contributed by atoms with Crippen molar-refractivity contribution in [2.75, 3.05) is 7.11 Å². The molecule has 0 unspecified atom stereocenters. The van der Waals surface area contributed by atoms with Crippen molar-refractivity contribution in [2.24, 2.45) is 0 Å². The molecule has 0 atom stereocenters. The van der Waals surface area contributed by atoms with E-state index in [9.17, 15) is 18.0 Å². The highest BCUT2D eigenvalue weighted by atomic mass is 127. The fourth-order valence-electron chi connectivity index (χ4n) is 3.55. The van der Waals surface area contributed by atoms with Crippen molar-refractivity contribution in [3.8, 4) is 32.7 Å². The molecule has 3 nitrogen and oxygen atoms in total. The number of carbonyl (C=O) groups is 1. The minimum absolute atomic E-state index is 0.0217. The second-order valence-corrected chi connectivity index (χ2v) is 9.98. The zero-order valence-electron chi connectivity index (χ0n) is 17.7. The quantitative estimate of drug-likeness (QED) is 0.130. The Morgan fingerprint density at radius 1 is 1.03 bits per heavy atom. The van der Waals surface area contributed by atoms with E-state index in [0.717, 1.165) is 37.7 Å². The van der Waals surface area contributed by atoms with Crippen molar-refractivity contribution in [1.82, 2.24) is 4.57 Å². The third-order valence-electron chi connectivity index (χ3n) is 5.19. The number of ether oxygens (including phenoxy) is 1. The van der Waals surface area contributed by atoms with Gasteiger partial charge in [0.1, 0.15) is 6.54 Å². The molecule has 4 aromatic rings. The van der Waals surface area contributed by atoms with Crippen LogP contribution in [0.3, 0.4) is 0 Å². The maximum atomic E-state index is 13.6. The predicted octanol–water partition coefficient (Wildman–Crippen LogP) is 8.08. The number of esters is 1. The first-order valence-corrected chi connectivity index (χ1v) is 12.4. The molecule has 0 fully saturated rings. The second kappa shape index (κ2) is 10.0. The summed E-state index contributed by atoms with van der Waals surface area (Å²) in [5.74, 6) is -0.518. The Bertz CT molecular complexity index is 1410. The molecule has 0 bridgehead atoms. The van der Waals surface area contributed by atoms with Crippen LogP contribution in [0.15, 0.2) is 72.4 Å². The molecule has 4 rings (SSSR count). The Morgan fingerprint density at radius 2 is 1.71 bits per heavy atom. The molecule has 0 aliphatic rings. The maximum Gasteiger partial charge on any atom is 0.417 e. The number of nitrogens with zero attached hydrogens (tertiary/aromatic N) is 1. The second-order valence-electron chi connectivity index (χ2n) is 7.41. The number of carbonyl (C=O) groups excluding carboxylic acids is 1. The number of methoxy groups -OCH3 is 1. The van der Waals surface area contributed by atoms with Gasteiger partial charge in [0.05, 0.1) is 17.2 Å². The van der Waals surface area contributed by atoms with Crippen LogP contribution in [0.4, 0.5) is 13.2 Å². The molecule has 2 heterocycles. The Kier molecular flexibility index (Phi) is 7.25. The molecular formula is C25H17F3INO2S2. The van der Waals surface area contributed by atoms with Crippen LogP contribution in [-0.4, -0.2) is 17.6 Å². The van der Waals surface area contributed by atoms with E-state index in [4.69, 9.17) is 17.0 Å². The van der Waals surface area contributed by atoms with Crippen molar-refractivity contribution in [3.63, 3.8) is 0 Å². The lowest BCUT2D eigenvalue weighted by atomic mass is 9.99. The minimum Gasteiger partial charge on any atom is -0.468 e. The molecular weight excluding hydrogens is 594 g/mol. The van der Waals surface area contributed by atoms with Crippen molar-refractivity contribution in [2.45, 2.75) is 12.7 Å². The van der Waals surface area contributed by atoms with Gasteiger partial charge in [-0.3, -0.25) is 4.79 Å². The molecule has 0 amide bonds. The van der Waals surface area contributed by atoms with E-state index in [1.807, 2.05) is 42.5 Å². The van der Waals surface area contributed by atoms with E-state index in [0.29, 0.717) is 5.56 Å². The third-order valence-corrected chi connectivity index (χ3v) is 7.25. The number of hydrogen-bond donors (Lipinski definition) is 0. The molecule has 34 heavy (non-hydrogen) atoms. The van der Waals surface area contributed by atoms with Crippen molar-refractivity contribution < 1.29 is 22.7 Å². The van der Waals surface area contributed by atoms with Crippen LogP contribution in [0.2, 0.25) is 0 Å². The fraction of sp³-hybridized carbons (Fsp3) is 0.120. The minimum atomic E-state index is -4.52. The number of aromatic nitrogens is 1. The van der Waals surface area contributed by atoms with Gasteiger partial charge in [-0.15, -0.1) is 11.3 Å².